The smallest absolute Gasteiger partial charge is 0.240 e. The molecule has 1 saturated heterocycles. The van der Waals surface area contributed by atoms with E-state index in [0.717, 1.165) is 6.42 Å². The van der Waals surface area contributed by atoms with E-state index in [0.29, 0.717) is 23.5 Å². The first-order valence-electron chi connectivity index (χ1n) is 9.63. The molecular weight excluding hydrogens is 460 g/mol. The van der Waals surface area contributed by atoms with E-state index in [4.69, 9.17) is 4.42 Å². The Balaban J connectivity index is 1.55. The zero-order chi connectivity index (χ0) is 22.1. The molecule has 1 atom stereocenters. The Hall–Kier alpha value is -2.18. The van der Waals surface area contributed by atoms with Crippen LogP contribution in [0.25, 0.3) is 0 Å². The molecule has 0 amide bonds. The highest BCUT2D eigenvalue weighted by molar-refractivity contribution is 7.92. The third kappa shape index (κ3) is 4.41. The molecule has 1 aliphatic heterocycles. The van der Waals surface area contributed by atoms with Gasteiger partial charge in [-0.25, -0.2) is 21.6 Å². The summed E-state index contributed by atoms with van der Waals surface area (Å²) in [5, 5.41) is 13.0. The van der Waals surface area contributed by atoms with Crippen molar-refractivity contribution in [1.82, 2.24) is 4.72 Å². The minimum Gasteiger partial charge on any atom is -0.466 e. The van der Waals surface area contributed by atoms with Crippen LogP contribution >= 0.6 is 11.3 Å². The van der Waals surface area contributed by atoms with E-state index in [1.54, 1.807) is 29.6 Å². The summed E-state index contributed by atoms with van der Waals surface area (Å²) < 4.78 is 59.3. The van der Waals surface area contributed by atoms with Crippen LogP contribution < -0.4 is 9.03 Å². The van der Waals surface area contributed by atoms with Crippen LogP contribution in [0.1, 0.15) is 23.5 Å². The fourth-order valence-electron chi connectivity index (χ4n) is 3.48. The van der Waals surface area contributed by atoms with E-state index in [1.807, 2.05) is 0 Å². The van der Waals surface area contributed by atoms with Crippen molar-refractivity contribution in [2.45, 2.75) is 23.3 Å². The Labute approximate surface area is 185 Å². The first kappa shape index (κ1) is 22.0. The van der Waals surface area contributed by atoms with E-state index in [1.165, 1.54) is 46.2 Å². The number of thiophene rings is 1. The molecule has 0 bridgehead atoms. The molecule has 1 fully saturated rings. The van der Waals surface area contributed by atoms with Gasteiger partial charge >= 0.3 is 0 Å². The lowest BCUT2D eigenvalue weighted by Crippen LogP contribution is -2.41. The van der Waals surface area contributed by atoms with Crippen LogP contribution in [0.4, 0.5) is 5.69 Å². The molecular formula is C20H22N2O6S3. The van der Waals surface area contributed by atoms with E-state index in [9.17, 15) is 21.9 Å². The molecule has 1 unspecified atom stereocenters. The molecule has 0 aliphatic carbocycles. The predicted molar refractivity (Wildman–Crippen MR) is 118 cm³/mol. The minimum absolute atomic E-state index is 0.0290. The Morgan fingerprint density at radius 3 is 2.52 bits per heavy atom. The fraction of sp³-hybridized carbons (Fsp3) is 0.300. The molecule has 0 spiro atoms. The molecule has 0 radical (unpaired) electrons. The van der Waals surface area contributed by atoms with Gasteiger partial charge in [-0.1, -0.05) is 6.07 Å². The van der Waals surface area contributed by atoms with Gasteiger partial charge in [-0.3, -0.25) is 4.31 Å². The molecule has 3 heterocycles. The second kappa shape index (κ2) is 8.40. The molecule has 2 N–H and O–H groups in total. The number of furan rings is 1. The number of rotatable bonds is 7. The lowest BCUT2D eigenvalue weighted by Gasteiger charge is -2.28. The first-order valence-corrected chi connectivity index (χ1v) is 13.6. The maximum absolute atomic E-state index is 12.9. The molecule has 1 aliphatic rings. The SMILES string of the molecule is O=S(=O)(NCC(O)(c1ccco1)c1cccs1)c1ccc(N2CCCCS2(=O)=O)cc1. The predicted octanol–water partition coefficient (Wildman–Crippen LogP) is 2.49. The maximum Gasteiger partial charge on any atom is 0.240 e. The maximum atomic E-state index is 12.9. The summed E-state index contributed by atoms with van der Waals surface area (Å²) in [6.45, 7) is 0.0509. The summed E-state index contributed by atoms with van der Waals surface area (Å²) in [6.07, 6.45) is 2.79. The lowest BCUT2D eigenvalue weighted by atomic mass is 9.99. The van der Waals surface area contributed by atoms with Crippen molar-refractivity contribution in [3.63, 3.8) is 0 Å². The molecule has 166 valence electrons. The van der Waals surface area contributed by atoms with Crippen LogP contribution in [0, 0.1) is 0 Å². The number of sulfonamides is 2. The zero-order valence-corrected chi connectivity index (χ0v) is 18.9. The number of hydrogen-bond donors (Lipinski definition) is 2. The highest BCUT2D eigenvalue weighted by Gasteiger charge is 2.37. The van der Waals surface area contributed by atoms with Crippen molar-refractivity contribution < 1.29 is 26.4 Å². The van der Waals surface area contributed by atoms with Gasteiger partial charge in [0.1, 0.15) is 5.76 Å². The lowest BCUT2D eigenvalue weighted by molar-refractivity contribution is 0.0655. The average Bonchev–Trinajstić information content (AvgIpc) is 3.47. The molecule has 3 aromatic rings. The molecule has 8 nitrogen and oxygen atoms in total. The highest BCUT2D eigenvalue weighted by atomic mass is 32.2. The van der Waals surface area contributed by atoms with Crippen LogP contribution in [-0.2, 0) is 25.6 Å². The number of hydrogen-bond acceptors (Lipinski definition) is 7. The van der Waals surface area contributed by atoms with Gasteiger partial charge in [-0.15, -0.1) is 11.3 Å². The summed E-state index contributed by atoms with van der Waals surface area (Å²) in [4.78, 5) is 0.509. The number of anilines is 1. The Kier molecular flexibility index (Phi) is 5.97. The van der Waals surface area contributed by atoms with Gasteiger partial charge in [0.15, 0.2) is 5.60 Å². The standard InChI is InChI=1S/C20H22N2O6S3/c23-20(18-5-3-12-28-18,19-6-4-13-29-19)15-21-31(26,27)17-9-7-16(8-10-17)22-11-1-2-14-30(22,24)25/h3-10,12-13,21,23H,1-2,11,14-15H2. The number of nitrogens with zero attached hydrogens (tertiary/aromatic N) is 1. The Morgan fingerprint density at radius 2 is 1.90 bits per heavy atom. The van der Waals surface area contributed by atoms with Gasteiger partial charge in [0.05, 0.1) is 29.1 Å². The van der Waals surface area contributed by atoms with Crippen LogP contribution in [-0.4, -0.2) is 40.8 Å². The van der Waals surface area contributed by atoms with Crippen LogP contribution in [0.3, 0.4) is 0 Å². The summed E-state index contributed by atoms with van der Waals surface area (Å²) in [6, 6.07) is 12.4. The van der Waals surface area contributed by atoms with Crippen molar-refractivity contribution in [2.24, 2.45) is 0 Å². The van der Waals surface area contributed by atoms with Gasteiger partial charge in [0, 0.05) is 11.4 Å². The monoisotopic (exact) mass is 482 g/mol. The second-order valence-corrected chi connectivity index (χ2v) is 12.0. The molecule has 4 rings (SSSR count). The van der Waals surface area contributed by atoms with E-state index in [2.05, 4.69) is 4.72 Å². The van der Waals surface area contributed by atoms with Crippen molar-refractivity contribution in [3.8, 4) is 0 Å². The zero-order valence-electron chi connectivity index (χ0n) is 16.5. The van der Waals surface area contributed by atoms with Crippen molar-refractivity contribution in [3.05, 3.63) is 70.8 Å². The fourth-order valence-corrected chi connectivity index (χ4v) is 7.00. The van der Waals surface area contributed by atoms with Crippen molar-refractivity contribution in [2.75, 3.05) is 23.1 Å². The molecule has 0 saturated carbocycles. The van der Waals surface area contributed by atoms with Gasteiger partial charge in [-0.05, 0) is 60.7 Å². The van der Waals surface area contributed by atoms with Crippen LogP contribution in [0.15, 0.2) is 69.5 Å². The van der Waals surface area contributed by atoms with Gasteiger partial charge < -0.3 is 9.52 Å². The third-order valence-corrected chi connectivity index (χ3v) is 9.47. The van der Waals surface area contributed by atoms with Crippen LogP contribution in [0.5, 0.6) is 0 Å². The molecule has 1 aromatic carbocycles. The topological polar surface area (TPSA) is 117 Å². The van der Waals surface area contributed by atoms with Gasteiger partial charge in [0.2, 0.25) is 20.0 Å². The van der Waals surface area contributed by atoms with E-state index >= 15 is 0 Å². The van der Waals surface area contributed by atoms with Gasteiger partial charge in [0.25, 0.3) is 0 Å². The number of aliphatic hydroxyl groups is 1. The quantitative estimate of drug-likeness (QED) is 0.534. The highest BCUT2D eigenvalue weighted by Crippen LogP contribution is 2.33. The second-order valence-electron chi connectivity index (χ2n) is 7.23. The molecule has 2 aromatic heterocycles. The van der Waals surface area contributed by atoms with Gasteiger partial charge in [-0.2, -0.15) is 0 Å². The molecule has 11 heteroatoms. The average molecular weight is 483 g/mol. The third-order valence-electron chi connectivity index (χ3n) is 5.16. The molecule has 31 heavy (non-hydrogen) atoms. The summed E-state index contributed by atoms with van der Waals surface area (Å²) in [7, 11) is -7.35. The minimum atomic E-state index is -3.97. The summed E-state index contributed by atoms with van der Waals surface area (Å²) >= 11 is 1.28. The van der Waals surface area contributed by atoms with E-state index in [-0.39, 0.29) is 23.0 Å². The number of benzene rings is 1. The first-order chi connectivity index (χ1) is 14.7. The largest absolute Gasteiger partial charge is 0.466 e. The Bertz CT molecular complexity index is 1180. The van der Waals surface area contributed by atoms with Crippen LogP contribution in [0.2, 0.25) is 0 Å². The summed E-state index contributed by atoms with van der Waals surface area (Å²) in [5.41, 5.74) is -1.23. The number of nitrogens with one attached hydrogen (secondary N) is 1. The summed E-state index contributed by atoms with van der Waals surface area (Å²) in [5.74, 6) is 0.311. The van der Waals surface area contributed by atoms with Crippen molar-refractivity contribution in [1.29, 1.82) is 0 Å². The van der Waals surface area contributed by atoms with E-state index < -0.39 is 25.6 Å². The normalized spacial score (nSPS) is 18.5. The Morgan fingerprint density at radius 1 is 1.13 bits per heavy atom. The van der Waals surface area contributed by atoms with Crippen molar-refractivity contribution >= 4 is 37.1 Å².